The fourth-order valence-electron chi connectivity index (χ4n) is 4.48. The summed E-state index contributed by atoms with van der Waals surface area (Å²) in [5.41, 5.74) is 3.96. The molecule has 1 aromatic heterocycles. The van der Waals surface area contributed by atoms with Gasteiger partial charge in [-0.05, 0) is 35.1 Å². The third kappa shape index (κ3) is 3.82. The topological polar surface area (TPSA) is 58.1 Å². The number of ketones is 1. The molecule has 0 atom stereocenters. The predicted molar refractivity (Wildman–Crippen MR) is 125 cm³/mol. The van der Waals surface area contributed by atoms with Crippen molar-refractivity contribution in [2.75, 3.05) is 11.9 Å². The van der Waals surface area contributed by atoms with Crippen LogP contribution in [0.5, 0.6) is 5.75 Å². The largest absolute Gasteiger partial charge is 0.507 e. The van der Waals surface area contributed by atoms with E-state index in [1.165, 1.54) is 0 Å². The van der Waals surface area contributed by atoms with E-state index in [9.17, 15) is 9.90 Å². The fourth-order valence-corrected chi connectivity index (χ4v) is 4.48. The Bertz CT molecular complexity index is 1120. The molecule has 0 amide bonds. The average Bonchev–Trinajstić information content (AvgIpc) is 3.00. The zero-order chi connectivity index (χ0) is 22.6. The first-order chi connectivity index (χ1) is 14.5. The molecule has 1 aliphatic heterocycles. The van der Waals surface area contributed by atoms with Gasteiger partial charge in [0.2, 0.25) is 0 Å². The minimum absolute atomic E-state index is 0.0486. The van der Waals surface area contributed by atoms with Gasteiger partial charge in [-0.2, -0.15) is 0 Å². The molecule has 3 aromatic rings. The molecule has 0 radical (unpaired) electrons. The number of rotatable bonds is 3. The molecule has 2 N–H and O–H groups in total. The highest BCUT2D eigenvalue weighted by molar-refractivity contribution is 5.97. The van der Waals surface area contributed by atoms with Crippen LogP contribution in [0.25, 0.3) is 11.0 Å². The van der Waals surface area contributed by atoms with Crippen molar-refractivity contribution in [2.24, 2.45) is 0 Å². The Morgan fingerprint density at radius 1 is 1.06 bits per heavy atom. The number of benzene rings is 2. The lowest BCUT2D eigenvalue weighted by molar-refractivity contribution is -0.661. The van der Waals surface area contributed by atoms with Gasteiger partial charge in [-0.15, -0.1) is 0 Å². The molecule has 2 aromatic carbocycles. The van der Waals surface area contributed by atoms with Crippen molar-refractivity contribution in [3.63, 3.8) is 0 Å². The van der Waals surface area contributed by atoms with Crippen LogP contribution in [0.3, 0.4) is 0 Å². The minimum Gasteiger partial charge on any atom is -0.507 e. The lowest BCUT2D eigenvalue weighted by Gasteiger charge is -2.28. The van der Waals surface area contributed by atoms with Crippen LogP contribution in [0.15, 0.2) is 36.4 Å². The number of anilines is 1. The quantitative estimate of drug-likeness (QED) is 0.467. The molecule has 1 aliphatic rings. The van der Waals surface area contributed by atoms with E-state index in [4.69, 9.17) is 0 Å². The Hall–Kier alpha value is -2.82. The summed E-state index contributed by atoms with van der Waals surface area (Å²) >= 11 is 0. The summed E-state index contributed by atoms with van der Waals surface area (Å²) in [5, 5.41) is 14.5. The average molecular weight is 421 g/mol. The van der Waals surface area contributed by atoms with E-state index < -0.39 is 0 Å². The van der Waals surface area contributed by atoms with Gasteiger partial charge in [0.1, 0.15) is 23.3 Å². The smallest absolute Gasteiger partial charge is 0.358 e. The first kappa shape index (κ1) is 21.4. The van der Waals surface area contributed by atoms with Crippen molar-refractivity contribution in [1.29, 1.82) is 0 Å². The maximum absolute atomic E-state index is 13.6. The maximum atomic E-state index is 13.6. The molecule has 164 valence electrons. The first-order valence-corrected chi connectivity index (χ1v) is 11.1. The van der Waals surface area contributed by atoms with Gasteiger partial charge in [0.05, 0.1) is 13.1 Å². The molecule has 0 saturated heterocycles. The number of nitrogens with zero attached hydrogens (tertiary/aromatic N) is 2. The van der Waals surface area contributed by atoms with Gasteiger partial charge in [0.25, 0.3) is 0 Å². The van der Waals surface area contributed by atoms with Crippen molar-refractivity contribution in [3.8, 4) is 5.75 Å². The zero-order valence-electron chi connectivity index (χ0n) is 19.5. The third-order valence-electron chi connectivity index (χ3n) is 6.17. The fraction of sp³-hybridized carbons (Fsp3) is 0.462. The molecule has 2 heterocycles. The number of hydrogen-bond donors (Lipinski definition) is 2. The number of phenols is 1. The van der Waals surface area contributed by atoms with Gasteiger partial charge in [0, 0.05) is 23.1 Å². The molecule has 0 unspecified atom stereocenters. The SMILES string of the molecule is CC(C)(C)c1cc(C(=O)Cn2c3[n+](c4ccccc42)CCCN3)cc(C(C)(C)C)c1O. The number of carbonyl (C=O) groups is 1. The van der Waals surface area contributed by atoms with E-state index >= 15 is 0 Å². The summed E-state index contributed by atoms with van der Waals surface area (Å²) in [5.74, 6) is 1.34. The monoisotopic (exact) mass is 420 g/mol. The summed E-state index contributed by atoms with van der Waals surface area (Å²) < 4.78 is 4.36. The molecule has 0 saturated carbocycles. The second-order valence-electron chi connectivity index (χ2n) is 10.7. The Morgan fingerprint density at radius 3 is 2.29 bits per heavy atom. The Labute approximate surface area is 184 Å². The highest BCUT2D eigenvalue weighted by Crippen LogP contribution is 2.40. The standard InChI is InChI=1S/C26H33N3O2/c1-25(2,3)18-14-17(15-19(23(18)31)26(4,5)6)22(30)16-29-21-11-8-7-10-20(21)28-13-9-12-27-24(28)29/h7-8,10-11,14-15H,9,12-13,16H2,1-6H3,(H,30,31)/p+1. The molecular weight excluding hydrogens is 386 g/mol. The maximum Gasteiger partial charge on any atom is 0.358 e. The number of imidazole rings is 1. The summed E-state index contributed by atoms with van der Waals surface area (Å²) in [6, 6.07) is 12.0. The van der Waals surface area contributed by atoms with Crippen molar-refractivity contribution < 1.29 is 14.5 Å². The number of hydrogen-bond acceptors (Lipinski definition) is 3. The Morgan fingerprint density at radius 2 is 1.68 bits per heavy atom. The number of aromatic hydroxyl groups is 1. The molecule has 5 nitrogen and oxygen atoms in total. The minimum atomic E-state index is -0.267. The van der Waals surface area contributed by atoms with Gasteiger partial charge in [-0.3, -0.25) is 10.1 Å². The molecule has 4 rings (SSSR count). The number of nitrogens with one attached hydrogen (secondary N) is 1. The van der Waals surface area contributed by atoms with Crippen LogP contribution in [0.1, 0.15) is 69.4 Å². The first-order valence-electron chi connectivity index (χ1n) is 11.1. The van der Waals surface area contributed by atoms with Crippen LogP contribution in [0.2, 0.25) is 0 Å². The van der Waals surface area contributed by atoms with E-state index in [1.54, 1.807) is 0 Å². The summed E-state index contributed by atoms with van der Waals surface area (Å²) in [6.07, 6.45) is 1.07. The molecule has 5 heteroatoms. The Balaban J connectivity index is 1.82. The highest BCUT2D eigenvalue weighted by atomic mass is 16.3. The number of aryl methyl sites for hydroxylation is 1. The van der Waals surface area contributed by atoms with Crippen molar-refractivity contribution in [3.05, 3.63) is 53.1 Å². The molecule has 0 bridgehead atoms. The van der Waals surface area contributed by atoms with Gasteiger partial charge >= 0.3 is 5.95 Å². The van der Waals surface area contributed by atoms with Crippen LogP contribution in [0.4, 0.5) is 5.95 Å². The van der Waals surface area contributed by atoms with E-state index in [-0.39, 0.29) is 23.2 Å². The molecule has 31 heavy (non-hydrogen) atoms. The van der Waals surface area contributed by atoms with Gasteiger partial charge in [-0.25, -0.2) is 9.13 Å². The normalized spacial score (nSPS) is 14.4. The van der Waals surface area contributed by atoms with Gasteiger partial charge < -0.3 is 5.11 Å². The van der Waals surface area contributed by atoms with Crippen LogP contribution in [0, 0.1) is 0 Å². The second kappa shape index (κ2) is 7.40. The molecule has 0 aliphatic carbocycles. The number of aromatic nitrogens is 2. The zero-order valence-corrected chi connectivity index (χ0v) is 19.5. The summed E-state index contributed by atoms with van der Waals surface area (Å²) in [6.45, 7) is 14.5. The Kier molecular flexibility index (Phi) is 5.11. The van der Waals surface area contributed by atoms with E-state index in [0.29, 0.717) is 11.3 Å². The van der Waals surface area contributed by atoms with Crippen LogP contribution >= 0.6 is 0 Å². The number of para-hydroxylation sites is 2. The molecule has 0 fully saturated rings. The van der Waals surface area contributed by atoms with Crippen molar-refractivity contribution >= 4 is 22.8 Å². The molecule has 0 spiro atoms. The predicted octanol–water partition coefficient (Wildman–Crippen LogP) is 4.93. The number of carbonyl (C=O) groups excluding carboxylic acids is 1. The van der Waals surface area contributed by atoms with Crippen LogP contribution < -0.4 is 9.88 Å². The number of Topliss-reactive ketones (excluding diaryl/α,β-unsaturated/α-hetero) is 1. The number of fused-ring (bicyclic) bond motifs is 3. The summed E-state index contributed by atoms with van der Waals surface area (Å²) in [4.78, 5) is 13.6. The van der Waals surface area contributed by atoms with Crippen molar-refractivity contribution in [1.82, 2.24) is 4.57 Å². The lowest BCUT2D eigenvalue weighted by Crippen LogP contribution is -2.42. The lowest BCUT2D eigenvalue weighted by atomic mass is 9.78. The van der Waals surface area contributed by atoms with Gasteiger partial charge in [0.15, 0.2) is 5.78 Å². The highest BCUT2D eigenvalue weighted by Gasteiger charge is 2.30. The van der Waals surface area contributed by atoms with E-state index in [1.807, 2.05) is 24.3 Å². The van der Waals surface area contributed by atoms with E-state index in [2.05, 4.69) is 68.1 Å². The van der Waals surface area contributed by atoms with Crippen molar-refractivity contribution in [2.45, 2.75) is 71.9 Å². The van der Waals surface area contributed by atoms with Gasteiger partial charge in [-0.1, -0.05) is 53.7 Å². The van der Waals surface area contributed by atoms with Crippen LogP contribution in [-0.2, 0) is 23.9 Å². The summed E-state index contributed by atoms with van der Waals surface area (Å²) in [7, 11) is 0. The van der Waals surface area contributed by atoms with E-state index in [0.717, 1.165) is 47.6 Å². The third-order valence-corrected chi connectivity index (χ3v) is 6.17. The van der Waals surface area contributed by atoms with Crippen LogP contribution in [-0.4, -0.2) is 22.0 Å². The molecular formula is C26H34N3O2+. The number of phenolic OH excluding ortho intramolecular Hbond substituents is 1. The second-order valence-corrected chi connectivity index (χ2v) is 10.7.